The van der Waals surface area contributed by atoms with Gasteiger partial charge in [-0.15, -0.1) is 0 Å². The third kappa shape index (κ3) is 3.91. The number of nitrogens with zero attached hydrogens (tertiary/aromatic N) is 4. The molecule has 1 aliphatic carbocycles. The van der Waals surface area contributed by atoms with E-state index in [1.807, 2.05) is 20.0 Å². The summed E-state index contributed by atoms with van der Waals surface area (Å²) in [5.41, 5.74) is 2.90. The number of rotatable bonds is 4. The number of hydrogen-bond donors (Lipinski definition) is 0. The highest BCUT2D eigenvalue weighted by molar-refractivity contribution is 6.35. The van der Waals surface area contributed by atoms with Crippen molar-refractivity contribution in [2.24, 2.45) is 0 Å². The molecule has 4 rings (SSSR count). The lowest BCUT2D eigenvalue weighted by molar-refractivity contribution is 0.0726. The lowest BCUT2D eigenvalue weighted by Gasteiger charge is -2.30. The van der Waals surface area contributed by atoms with Gasteiger partial charge in [-0.1, -0.05) is 30.9 Å². The molecule has 0 radical (unpaired) electrons. The van der Waals surface area contributed by atoms with Gasteiger partial charge in [0, 0.05) is 30.8 Å². The Bertz CT molecular complexity index is 986. The molecule has 1 aromatic heterocycles. The Morgan fingerprint density at radius 1 is 1.30 bits per heavy atom. The Hall–Kier alpha value is -2.52. The predicted octanol–water partition coefficient (Wildman–Crippen LogP) is 4.90. The topological polar surface area (TPSA) is 71.2 Å². The average molecular weight is 427 g/mol. The number of halogens is 1. The summed E-state index contributed by atoms with van der Waals surface area (Å²) in [4.78, 5) is 15.2. The van der Waals surface area contributed by atoms with Gasteiger partial charge in [0.05, 0.1) is 28.9 Å². The van der Waals surface area contributed by atoms with Gasteiger partial charge < -0.3 is 9.64 Å². The number of fused-ring (bicyclic) bond motifs is 1. The first-order valence-electron chi connectivity index (χ1n) is 10.7. The van der Waals surface area contributed by atoms with Gasteiger partial charge >= 0.3 is 0 Å². The van der Waals surface area contributed by atoms with Gasteiger partial charge in [0.15, 0.2) is 0 Å². The van der Waals surface area contributed by atoms with E-state index in [0.29, 0.717) is 24.9 Å². The number of aromatic nitrogens is 2. The highest BCUT2D eigenvalue weighted by Crippen LogP contribution is 2.34. The second-order valence-corrected chi connectivity index (χ2v) is 8.79. The lowest BCUT2D eigenvalue weighted by atomic mass is 9.95. The third-order valence-corrected chi connectivity index (χ3v) is 6.37. The van der Waals surface area contributed by atoms with E-state index in [4.69, 9.17) is 16.3 Å². The van der Waals surface area contributed by atoms with Gasteiger partial charge in [0.25, 0.3) is 5.91 Å². The van der Waals surface area contributed by atoms with Crippen LogP contribution < -0.4 is 4.74 Å². The molecule has 1 aliphatic heterocycles. The number of ether oxygens (including phenoxy) is 1. The number of hydrogen-bond acceptors (Lipinski definition) is 4. The van der Waals surface area contributed by atoms with E-state index in [1.54, 1.807) is 17.0 Å². The first kappa shape index (κ1) is 20.7. The van der Waals surface area contributed by atoms with Crippen molar-refractivity contribution in [3.63, 3.8) is 0 Å². The first-order valence-corrected chi connectivity index (χ1v) is 11.1. The van der Waals surface area contributed by atoms with Gasteiger partial charge in [-0.3, -0.25) is 9.48 Å². The standard InChI is InChI=1S/C23H27ClN4O2/c1-15(2)30-20-9-8-16(12-25)22(24)21(20)23(29)27-11-10-19-17(14-27)13-26-28(19)18-6-4-3-5-7-18/h8-9,13,15,18H,3-7,10-11,14H2,1-2H3. The zero-order valence-electron chi connectivity index (χ0n) is 17.5. The van der Waals surface area contributed by atoms with Gasteiger partial charge in [-0.25, -0.2) is 0 Å². The summed E-state index contributed by atoms with van der Waals surface area (Å²) in [6.07, 6.45) is 8.77. The molecular weight excluding hydrogens is 400 g/mol. The fourth-order valence-electron chi connectivity index (χ4n) is 4.52. The number of amides is 1. The van der Waals surface area contributed by atoms with Crippen molar-refractivity contribution in [2.75, 3.05) is 6.54 Å². The Kier molecular flexibility index (Phi) is 6.01. The fourth-order valence-corrected chi connectivity index (χ4v) is 4.80. The van der Waals surface area contributed by atoms with Crippen LogP contribution in [0.4, 0.5) is 0 Å². The number of carbonyl (C=O) groups is 1. The van der Waals surface area contributed by atoms with Crippen LogP contribution in [0.5, 0.6) is 5.75 Å². The molecule has 1 aromatic carbocycles. The second kappa shape index (κ2) is 8.69. The van der Waals surface area contributed by atoms with Crippen LogP contribution >= 0.6 is 11.6 Å². The maximum Gasteiger partial charge on any atom is 0.259 e. The Morgan fingerprint density at radius 2 is 2.07 bits per heavy atom. The van der Waals surface area contributed by atoms with Gasteiger partial charge in [0.2, 0.25) is 0 Å². The van der Waals surface area contributed by atoms with Crippen LogP contribution in [0, 0.1) is 11.3 Å². The summed E-state index contributed by atoms with van der Waals surface area (Å²) in [6.45, 7) is 4.88. The molecule has 6 nitrogen and oxygen atoms in total. The van der Waals surface area contributed by atoms with Crippen molar-refractivity contribution in [1.29, 1.82) is 5.26 Å². The van der Waals surface area contributed by atoms with E-state index >= 15 is 0 Å². The molecule has 0 atom stereocenters. The van der Waals surface area contributed by atoms with Crippen LogP contribution in [0.1, 0.15) is 79.2 Å². The Balaban J connectivity index is 1.60. The van der Waals surface area contributed by atoms with Crippen LogP contribution in [-0.4, -0.2) is 33.2 Å². The zero-order chi connectivity index (χ0) is 21.3. The van der Waals surface area contributed by atoms with Crippen molar-refractivity contribution in [3.8, 4) is 11.8 Å². The molecule has 2 heterocycles. The van der Waals surface area contributed by atoms with Gasteiger partial charge in [-0.2, -0.15) is 10.4 Å². The smallest absolute Gasteiger partial charge is 0.259 e. The minimum absolute atomic E-state index is 0.109. The average Bonchev–Trinajstić information content (AvgIpc) is 3.17. The molecule has 0 unspecified atom stereocenters. The van der Waals surface area contributed by atoms with Crippen molar-refractivity contribution in [1.82, 2.24) is 14.7 Å². The molecule has 7 heteroatoms. The summed E-state index contributed by atoms with van der Waals surface area (Å²) in [5.74, 6) is 0.214. The number of nitriles is 1. The zero-order valence-corrected chi connectivity index (χ0v) is 18.3. The third-order valence-electron chi connectivity index (χ3n) is 5.97. The summed E-state index contributed by atoms with van der Waals surface area (Å²) >= 11 is 6.45. The maximum atomic E-state index is 13.4. The Labute approximate surface area is 182 Å². The highest BCUT2D eigenvalue weighted by Gasteiger charge is 2.30. The van der Waals surface area contributed by atoms with Crippen LogP contribution in [0.15, 0.2) is 18.3 Å². The van der Waals surface area contributed by atoms with Crippen LogP contribution in [0.2, 0.25) is 5.02 Å². The SMILES string of the molecule is CC(C)Oc1ccc(C#N)c(Cl)c1C(=O)N1CCc2c(cnn2C2CCCCC2)C1. The highest BCUT2D eigenvalue weighted by atomic mass is 35.5. The quantitative estimate of drug-likeness (QED) is 0.697. The van der Waals surface area contributed by atoms with Gasteiger partial charge in [0.1, 0.15) is 17.4 Å². The minimum Gasteiger partial charge on any atom is -0.490 e. The van der Waals surface area contributed by atoms with E-state index in [2.05, 4.69) is 15.8 Å². The molecule has 30 heavy (non-hydrogen) atoms. The normalized spacial score (nSPS) is 17.0. The summed E-state index contributed by atoms with van der Waals surface area (Å²) in [5, 5.41) is 14.2. The number of benzene rings is 1. The molecule has 0 N–H and O–H groups in total. The Morgan fingerprint density at radius 3 is 2.77 bits per heavy atom. The van der Waals surface area contributed by atoms with Crippen LogP contribution in [-0.2, 0) is 13.0 Å². The van der Waals surface area contributed by atoms with E-state index in [1.165, 1.54) is 37.8 Å². The van der Waals surface area contributed by atoms with E-state index < -0.39 is 0 Å². The van der Waals surface area contributed by atoms with Crippen molar-refractivity contribution < 1.29 is 9.53 Å². The maximum absolute atomic E-state index is 13.4. The fraction of sp³-hybridized carbons (Fsp3) is 0.522. The molecular formula is C23H27ClN4O2. The van der Waals surface area contributed by atoms with E-state index in [0.717, 1.165) is 12.0 Å². The molecule has 0 spiro atoms. The van der Waals surface area contributed by atoms with Crippen LogP contribution in [0.3, 0.4) is 0 Å². The second-order valence-electron chi connectivity index (χ2n) is 8.41. The number of carbonyl (C=O) groups excluding carboxylic acids is 1. The molecule has 158 valence electrons. The molecule has 1 fully saturated rings. The van der Waals surface area contributed by atoms with Crippen molar-refractivity contribution >= 4 is 17.5 Å². The molecule has 0 bridgehead atoms. The van der Waals surface area contributed by atoms with Crippen molar-refractivity contribution in [3.05, 3.63) is 45.7 Å². The molecule has 1 saturated carbocycles. The summed E-state index contributed by atoms with van der Waals surface area (Å²) < 4.78 is 8.03. The summed E-state index contributed by atoms with van der Waals surface area (Å²) in [7, 11) is 0. The molecule has 0 saturated heterocycles. The van der Waals surface area contributed by atoms with E-state index in [9.17, 15) is 10.1 Å². The minimum atomic E-state index is -0.205. The molecule has 1 amide bonds. The van der Waals surface area contributed by atoms with Gasteiger partial charge in [-0.05, 0) is 38.8 Å². The molecule has 2 aliphatic rings. The molecule has 2 aromatic rings. The monoisotopic (exact) mass is 426 g/mol. The van der Waals surface area contributed by atoms with Crippen molar-refractivity contribution in [2.45, 2.75) is 71.1 Å². The lowest BCUT2D eigenvalue weighted by Crippen LogP contribution is -2.37. The predicted molar refractivity (Wildman–Crippen MR) is 115 cm³/mol. The first-order chi connectivity index (χ1) is 14.5. The summed E-state index contributed by atoms with van der Waals surface area (Å²) in [6, 6.07) is 5.80. The largest absolute Gasteiger partial charge is 0.490 e. The van der Waals surface area contributed by atoms with Crippen LogP contribution in [0.25, 0.3) is 0 Å². The van der Waals surface area contributed by atoms with E-state index in [-0.39, 0.29) is 28.2 Å².